The maximum absolute atomic E-state index is 12.8. The molecule has 1 heterocycles. The smallest absolute Gasteiger partial charge is 0.321 e. The molecule has 0 unspecified atom stereocenters. The number of hydrogen-bond acceptors (Lipinski definition) is 9. The van der Waals surface area contributed by atoms with E-state index < -0.39 is 21.9 Å². The van der Waals surface area contributed by atoms with Crippen LogP contribution in [0, 0.1) is 20.2 Å². The van der Waals surface area contributed by atoms with E-state index in [9.17, 15) is 29.8 Å². The minimum atomic E-state index is -0.520. The van der Waals surface area contributed by atoms with Crippen LogP contribution in [0.5, 0.6) is 0 Å². The van der Waals surface area contributed by atoms with Gasteiger partial charge >= 0.3 is 12.1 Å². The van der Waals surface area contributed by atoms with Gasteiger partial charge in [-0.05, 0) is 24.3 Å². The van der Waals surface area contributed by atoms with Gasteiger partial charge in [0.15, 0.2) is 0 Å². The summed E-state index contributed by atoms with van der Waals surface area (Å²) in [5.41, 5.74) is 0.654. The normalized spacial score (nSPS) is 15.9. The highest BCUT2D eigenvalue weighted by molar-refractivity contribution is 5.90. The van der Waals surface area contributed by atoms with E-state index in [0.717, 1.165) is 0 Å². The van der Waals surface area contributed by atoms with E-state index in [0.29, 0.717) is 24.6 Å². The van der Waals surface area contributed by atoms with Crippen molar-refractivity contribution in [3.8, 4) is 0 Å². The van der Waals surface area contributed by atoms with Crippen molar-refractivity contribution in [2.45, 2.75) is 0 Å². The number of carbonyl (C=O) groups is 2. The molecule has 2 N–H and O–H groups in total. The predicted molar refractivity (Wildman–Crippen MR) is 140 cm³/mol. The average molecular weight is 547 g/mol. The van der Waals surface area contributed by atoms with Gasteiger partial charge in [0.05, 0.1) is 49.5 Å². The lowest BCUT2D eigenvalue weighted by atomic mass is 10.3. The average Bonchev–Trinajstić information content (AvgIpc) is 2.93. The van der Waals surface area contributed by atoms with Gasteiger partial charge in [0.1, 0.15) is 0 Å². The van der Waals surface area contributed by atoms with E-state index in [4.69, 9.17) is 14.2 Å². The zero-order valence-corrected chi connectivity index (χ0v) is 21.2. The van der Waals surface area contributed by atoms with Gasteiger partial charge in [-0.25, -0.2) is 9.59 Å². The molecule has 1 aliphatic heterocycles. The number of ether oxygens (including phenoxy) is 3. The van der Waals surface area contributed by atoms with Crippen molar-refractivity contribution in [3.63, 3.8) is 0 Å². The standard InChI is InChI=1S/C24H30N6O9/c31-23(25-19-1-5-21(6-2-19)29(33)34)27-9-13-37-14-10-28(12-16-39-18-17-38-15-11-27)24(32)26-20-3-7-22(8-4-20)30(35)36/h1-8H,9-18H2,(H,25,31)(H,26,32). The maximum atomic E-state index is 12.8. The van der Waals surface area contributed by atoms with Crippen LogP contribution >= 0.6 is 0 Å². The number of nitrogens with one attached hydrogen (secondary N) is 2. The molecular formula is C24H30N6O9. The zero-order chi connectivity index (χ0) is 28.0. The van der Waals surface area contributed by atoms with Crippen LogP contribution in [-0.4, -0.2) is 97.5 Å². The summed E-state index contributed by atoms with van der Waals surface area (Å²) in [7, 11) is 0. The van der Waals surface area contributed by atoms with Crippen LogP contribution in [0.4, 0.5) is 32.3 Å². The Balaban J connectivity index is 1.54. The topological polar surface area (TPSA) is 179 Å². The van der Waals surface area contributed by atoms with Crippen LogP contribution in [0.15, 0.2) is 48.5 Å². The summed E-state index contributed by atoms with van der Waals surface area (Å²) in [4.78, 5) is 49.2. The monoisotopic (exact) mass is 546 g/mol. The first-order valence-corrected chi connectivity index (χ1v) is 12.2. The third kappa shape index (κ3) is 9.81. The number of urea groups is 2. The highest BCUT2D eigenvalue weighted by Gasteiger charge is 2.17. The van der Waals surface area contributed by atoms with Crippen molar-refractivity contribution in [1.29, 1.82) is 0 Å². The van der Waals surface area contributed by atoms with Crippen LogP contribution in [-0.2, 0) is 14.2 Å². The number of benzene rings is 2. The summed E-state index contributed by atoms with van der Waals surface area (Å²) in [6.45, 7) is 2.57. The van der Waals surface area contributed by atoms with Crippen molar-refractivity contribution < 1.29 is 33.6 Å². The number of amides is 4. The second-order valence-electron chi connectivity index (χ2n) is 8.28. The molecule has 0 radical (unpaired) electrons. The summed E-state index contributed by atoms with van der Waals surface area (Å²) in [5.74, 6) is 0. The Hall–Kier alpha value is -4.34. The molecule has 39 heavy (non-hydrogen) atoms. The molecule has 1 fully saturated rings. The van der Waals surface area contributed by atoms with Gasteiger partial charge in [-0.3, -0.25) is 20.2 Å². The lowest BCUT2D eigenvalue weighted by molar-refractivity contribution is -0.385. The third-order valence-electron chi connectivity index (χ3n) is 5.63. The van der Waals surface area contributed by atoms with Crippen molar-refractivity contribution in [1.82, 2.24) is 9.80 Å². The second-order valence-corrected chi connectivity index (χ2v) is 8.28. The molecule has 210 valence electrons. The Bertz CT molecular complexity index is 1030. The summed E-state index contributed by atoms with van der Waals surface area (Å²) >= 11 is 0. The van der Waals surface area contributed by atoms with Gasteiger partial charge in [-0.15, -0.1) is 0 Å². The van der Waals surface area contributed by atoms with Crippen LogP contribution in [0.1, 0.15) is 0 Å². The van der Waals surface area contributed by atoms with Gasteiger partial charge in [0.25, 0.3) is 11.4 Å². The Labute approximate surface area is 223 Å². The van der Waals surface area contributed by atoms with E-state index in [-0.39, 0.29) is 64.0 Å². The molecule has 2 aromatic carbocycles. The number of nitro benzene ring substituents is 2. The number of anilines is 2. The molecule has 0 bridgehead atoms. The molecular weight excluding hydrogens is 516 g/mol. The van der Waals surface area contributed by atoms with E-state index >= 15 is 0 Å². The summed E-state index contributed by atoms with van der Waals surface area (Å²) < 4.78 is 16.8. The zero-order valence-electron chi connectivity index (χ0n) is 21.2. The fourth-order valence-corrected chi connectivity index (χ4v) is 3.49. The number of rotatable bonds is 4. The Morgan fingerprint density at radius 1 is 0.590 bits per heavy atom. The van der Waals surface area contributed by atoms with E-state index in [1.54, 1.807) is 0 Å². The number of nitro groups is 2. The van der Waals surface area contributed by atoms with Gasteiger partial charge in [0.2, 0.25) is 0 Å². The fourth-order valence-electron chi connectivity index (χ4n) is 3.49. The molecule has 15 nitrogen and oxygen atoms in total. The van der Waals surface area contributed by atoms with Crippen LogP contribution in [0.3, 0.4) is 0 Å². The molecule has 3 rings (SSSR count). The van der Waals surface area contributed by atoms with Gasteiger partial charge < -0.3 is 34.6 Å². The van der Waals surface area contributed by atoms with Crippen molar-refractivity contribution >= 4 is 34.8 Å². The Morgan fingerprint density at radius 3 is 1.21 bits per heavy atom. The molecule has 0 aromatic heterocycles. The van der Waals surface area contributed by atoms with Crippen LogP contribution < -0.4 is 10.6 Å². The Morgan fingerprint density at radius 2 is 0.897 bits per heavy atom. The molecule has 15 heteroatoms. The highest BCUT2D eigenvalue weighted by Crippen LogP contribution is 2.17. The number of carbonyl (C=O) groups excluding carboxylic acids is 2. The van der Waals surface area contributed by atoms with Crippen LogP contribution in [0.2, 0.25) is 0 Å². The first-order chi connectivity index (χ1) is 18.8. The van der Waals surface area contributed by atoms with Crippen molar-refractivity contribution in [2.75, 3.05) is 76.5 Å². The molecule has 0 saturated carbocycles. The molecule has 1 aliphatic rings. The minimum absolute atomic E-state index is 0.0818. The summed E-state index contributed by atoms with van der Waals surface area (Å²) in [6, 6.07) is 10.2. The molecule has 0 spiro atoms. The third-order valence-corrected chi connectivity index (χ3v) is 5.63. The summed E-state index contributed by atoms with van der Waals surface area (Å²) in [6.07, 6.45) is 0. The molecule has 2 aromatic rings. The molecule has 1 saturated heterocycles. The van der Waals surface area contributed by atoms with Crippen LogP contribution in [0.25, 0.3) is 0 Å². The lowest BCUT2D eigenvalue weighted by Gasteiger charge is -2.24. The molecule has 0 aliphatic carbocycles. The quantitative estimate of drug-likeness (QED) is 0.431. The van der Waals surface area contributed by atoms with E-state index in [1.807, 2.05) is 0 Å². The molecule has 0 atom stereocenters. The predicted octanol–water partition coefficient (Wildman–Crippen LogP) is 2.93. The number of non-ortho nitro benzene ring substituents is 2. The van der Waals surface area contributed by atoms with Crippen molar-refractivity contribution in [3.05, 3.63) is 68.8 Å². The second kappa shape index (κ2) is 15.2. The first-order valence-electron chi connectivity index (χ1n) is 12.2. The summed E-state index contributed by atoms with van der Waals surface area (Å²) in [5, 5.41) is 27.1. The Kier molecular flexibility index (Phi) is 11.4. The minimum Gasteiger partial charge on any atom is -0.378 e. The van der Waals surface area contributed by atoms with E-state index in [1.165, 1.54) is 58.3 Å². The number of hydrogen-bond donors (Lipinski definition) is 2. The van der Waals surface area contributed by atoms with Gasteiger partial charge in [-0.2, -0.15) is 0 Å². The maximum Gasteiger partial charge on any atom is 0.321 e. The number of nitrogens with zero attached hydrogens (tertiary/aromatic N) is 4. The lowest BCUT2D eigenvalue weighted by Crippen LogP contribution is -2.41. The van der Waals surface area contributed by atoms with Gasteiger partial charge in [-0.1, -0.05) is 0 Å². The largest absolute Gasteiger partial charge is 0.378 e. The molecule has 4 amide bonds. The van der Waals surface area contributed by atoms with E-state index in [2.05, 4.69) is 10.6 Å². The van der Waals surface area contributed by atoms with Crippen molar-refractivity contribution in [2.24, 2.45) is 0 Å². The highest BCUT2D eigenvalue weighted by atomic mass is 16.6. The SMILES string of the molecule is O=C(Nc1ccc([N+](=O)[O-])cc1)N1CCOCCOCCN(C(=O)Nc2ccc([N+](=O)[O-])cc2)CCOCC1. The van der Waals surface area contributed by atoms with Gasteiger partial charge in [0, 0.05) is 61.8 Å². The first kappa shape index (κ1) is 29.2. The fraction of sp³-hybridized carbons (Fsp3) is 0.417.